The highest BCUT2D eigenvalue weighted by Crippen LogP contribution is 2.21. The largest absolute Gasteiger partial charge is 0.331 e. The van der Waals surface area contributed by atoms with Crippen LogP contribution in [-0.2, 0) is 17.9 Å². The monoisotopic (exact) mass is 366 g/mol. The number of carbonyl (C=O) groups is 2. The van der Waals surface area contributed by atoms with Gasteiger partial charge in [-0.3, -0.25) is 23.5 Å². The molecule has 0 N–H and O–H groups in total. The van der Waals surface area contributed by atoms with Crippen molar-refractivity contribution in [3.05, 3.63) is 62.4 Å². The molecule has 0 radical (unpaired) electrons. The highest BCUT2D eigenvalue weighted by molar-refractivity contribution is 5.98. The summed E-state index contributed by atoms with van der Waals surface area (Å²) < 4.78 is 2.00. The van der Waals surface area contributed by atoms with Crippen molar-refractivity contribution in [1.82, 2.24) is 9.13 Å². The molecule has 1 fully saturated rings. The molecule has 8 heteroatoms. The molecule has 0 aliphatic carbocycles. The number of amides is 1. The number of hydrogen-bond acceptors (Lipinski definition) is 5. The number of hydrogen-bond donors (Lipinski definition) is 0. The molecular formula is C19H18N4O4. The number of carbonyl (C=O) groups excluding carboxylic acids is 2. The summed E-state index contributed by atoms with van der Waals surface area (Å²) in [5.74, 6) is -0.375. The van der Waals surface area contributed by atoms with Crippen LogP contribution < -0.4 is 16.1 Å². The van der Waals surface area contributed by atoms with Gasteiger partial charge in [0.05, 0.1) is 6.54 Å². The molecule has 1 aromatic carbocycles. The Hall–Kier alpha value is -3.47. The van der Waals surface area contributed by atoms with E-state index in [0.717, 1.165) is 11.0 Å². The molecular weight excluding hydrogens is 348 g/mol. The third-order valence-electron chi connectivity index (χ3n) is 4.57. The first kappa shape index (κ1) is 18.3. The standard InChI is InChI=1S/C19H18N4O4/c1-2-21-11-14(10-20)18(26)23(19(21)27)12-16(24)13-5-7-15(8-6-13)22-9-3-4-17(22)25/h5-8,11H,2-4,9,12H2,1H3. The van der Waals surface area contributed by atoms with Gasteiger partial charge in [-0.25, -0.2) is 4.79 Å². The van der Waals surface area contributed by atoms with E-state index in [0.29, 0.717) is 24.2 Å². The molecule has 0 atom stereocenters. The molecule has 1 aliphatic heterocycles. The van der Waals surface area contributed by atoms with Gasteiger partial charge in [0.25, 0.3) is 5.56 Å². The van der Waals surface area contributed by atoms with Crippen LogP contribution in [0.5, 0.6) is 0 Å². The number of benzene rings is 1. The van der Waals surface area contributed by atoms with Crippen LogP contribution in [0.15, 0.2) is 40.1 Å². The Labute approximate surface area is 154 Å². The van der Waals surface area contributed by atoms with Gasteiger partial charge < -0.3 is 4.90 Å². The van der Waals surface area contributed by atoms with Crippen LogP contribution in [0.4, 0.5) is 5.69 Å². The first-order valence-corrected chi connectivity index (χ1v) is 8.64. The van der Waals surface area contributed by atoms with Gasteiger partial charge in [0.2, 0.25) is 5.91 Å². The van der Waals surface area contributed by atoms with E-state index < -0.39 is 23.6 Å². The number of nitriles is 1. The lowest BCUT2D eigenvalue weighted by atomic mass is 10.1. The Morgan fingerprint density at radius 2 is 1.89 bits per heavy atom. The third-order valence-corrected chi connectivity index (χ3v) is 4.57. The van der Waals surface area contributed by atoms with E-state index in [9.17, 15) is 19.2 Å². The van der Waals surface area contributed by atoms with Gasteiger partial charge in [0, 0.05) is 37.0 Å². The fraction of sp³-hybridized carbons (Fsp3) is 0.316. The van der Waals surface area contributed by atoms with Gasteiger partial charge in [-0.2, -0.15) is 5.26 Å². The molecule has 2 heterocycles. The van der Waals surface area contributed by atoms with E-state index >= 15 is 0 Å². The van der Waals surface area contributed by atoms with Crippen LogP contribution in [0.2, 0.25) is 0 Å². The second kappa shape index (κ2) is 7.41. The Morgan fingerprint density at radius 1 is 1.19 bits per heavy atom. The van der Waals surface area contributed by atoms with Crippen molar-refractivity contribution in [2.45, 2.75) is 32.9 Å². The van der Waals surface area contributed by atoms with Gasteiger partial charge in [-0.1, -0.05) is 0 Å². The van der Waals surface area contributed by atoms with Crippen molar-refractivity contribution in [2.24, 2.45) is 0 Å². The molecule has 1 aromatic heterocycles. The maximum absolute atomic E-state index is 12.5. The van der Waals surface area contributed by atoms with Crippen LogP contribution in [0.1, 0.15) is 35.7 Å². The minimum atomic E-state index is -0.778. The van der Waals surface area contributed by atoms with Gasteiger partial charge >= 0.3 is 5.69 Å². The average Bonchev–Trinajstić information content (AvgIpc) is 3.11. The summed E-state index contributed by atoms with van der Waals surface area (Å²) in [5.41, 5.74) is -0.561. The van der Waals surface area contributed by atoms with Crippen molar-refractivity contribution in [1.29, 1.82) is 5.26 Å². The molecule has 0 saturated carbocycles. The molecule has 0 bridgehead atoms. The van der Waals surface area contributed by atoms with Crippen molar-refractivity contribution in [3.8, 4) is 6.07 Å². The van der Waals surface area contributed by atoms with Crippen LogP contribution >= 0.6 is 0 Å². The minimum absolute atomic E-state index is 0.0501. The molecule has 8 nitrogen and oxygen atoms in total. The number of Topliss-reactive ketones (excluding diaryl/α,β-unsaturated/α-hetero) is 1. The van der Waals surface area contributed by atoms with E-state index in [1.165, 1.54) is 10.8 Å². The van der Waals surface area contributed by atoms with Gasteiger partial charge in [-0.05, 0) is 37.6 Å². The molecule has 1 aliphatic rings. The van der Waals surface area contributed by atoms with Crippen LogP contribution in [0.3, 0.4) is 0 Å². The average molecular weight is 366 g/mol. The van der Waals surface area contributed by atoms with Crippen molar-refractivity contribution >= 4 is 17.4 Å². The maximum atomic E-state index is 12.5. The first-order chi connectivity index (χ1) is 13.0. The van der Waals surface area contributed by atoms with E-state index in [1.54, 1.807) is 42.2 Å². The van der Waals surface area contributed by atoms with Crippen molar-refractivity contribution < 1.29 is 9.59 Å². The summed E-state index contributed by atoms with van der Waals surface area (Å²) in [6, 6.07) is 8.24. The van der Waals surface area contributed by atoms with Crippen molar-refractivity contribution in [3.63, 3.8) is 0 Å². The van der Waals surface area contributed by atoms with E-state index in [4.69, 9.17) is 5.26 Å². The van der Waals surface area contributed by atoms with E-state index in [2.05, 4.69) is 0 Å². The fourth-order valence-electron chi connectivity index (χ4n) is 3.08. The molecule has 0 spiro atoms. The van der Waals surface area contributed by atoms with Crippen LogP contribution in [-0.4, -0.2) is 27.4 Å². The second-order valence-electron chi connectivity index (χ2n) is 6.23. The topological polar surface area (TPSA) is 105 Å². The fourth-order valence-corrected chi connectivity index (χ4v) is 3.08. The van der Waals surface area contributed by atoms with E-state index in [-0.39, 0.29) is 18.0 Å². The summed E-state index contributed by atoms with van der Waals surface area (Å²) in [7, 11) is 0. The predicted octanol–water partition coefficient (Wildman–Crippen LogP) is 0.911. The Bertz CT molecular complexity index is 1060. The molecule has 0 unspecified atom stereocenters. The highest BCUT2D eigenvalue weighted by atomic mass is 16.2. The lowest BCUT2D eigenvalue weighted by molar-refractivity contribution is -0.117. The Balaban J connectivity index is 1.88. The maximum Gasteiger partial charge on any atom is 0.331 e. The van der Waals surface area contributed by atoms with Gasteiger partial charge in [-0.15, -0.1) is 0 Å². The number of aromatic nitrogens is 2. The Morgan fingerprint density at radius 3 is 2.44 bits per heavy atom. The lowest BCUT2D eigenvalue weighted by Gasteiger charge is -2.15. The van der Waals surface area contributed by atoms with Crippen LogP contribution in [0, 0.1) is 11.3 Å². The third kappa shape index (κ3) is 3.44. The van der Waals surface area contributed by atoms with Gasteiger partial charge in [0.1, 0.15) is 11.6 Å². The minimum Gasteiger partial charge on any atom is -0.312 e. The summed E-state index contributed by atoms with van der Waals surface area (Å²) >= 11 is 0. The molecule has 3 rings (SSSR count). The normalized spacial score (nSPS) is 13.6. The van der Waals surface area contributed by atoms with Crippen molar-refractivity contribution in [2.75, 3.05) is 11.4 Å². The van der Waals surface area contributed by atoms with Gasteiger partial charge in [0.15, 0.2) is 5.78 Å². The Kier molecular flexibility index (Phi) is 5.03. The first-order valence-electron chi connectivity index (χ1n) is 8.64. The summed E-state index contributed by atoms with van der Waals surface area (Å²) in [6.07, 6.45) is 2.53. The summed E-state index contributed by atoms with van der Waals surface area (Å²) in [5, 5.41) is 9.06. The SMILES string of the molecule is CCn1cc(C#N)c(=O)n(CC(=O)c2ccc(N3CCCC3=O)cc2)c1=O. The molecule has 1 amide bonds. The zero-order chi connectivity index (χ0) is 19.6. The molecule has 138 valence electrons. The number of nitrogens with zero attached hydrogens (tertiary/aromatic N) is 4. The number of aryl methyl sites for hydroxylation is 1. The second-order valence-corrected chi connectivity index (χ2v) is 6.23. The lowest BCUT2D eigenvalue weighted by Crippen LogP contribution is -2.42. The predicted molar refractivity (Wildman–Crippen MR) is 97.7 cm³/mol. The number of rotatable bonds is 5. The smallest absolute Gasteiger partial charge is 0.312 e. The molecule has 1 saturated heterocycles. The number of ketones is 1. The summed E-state index contributed by atoms with van der Waals surface area (Å²) in [4.78, 5) is 50.6. The molecule has 2 aromatic rings. The number of anilines is 1. The molecule has 27 heavy (non-hydrogen) atoms. The zero-order valence-corrected chi connectivity index (χ0v) is 14.8. The highest BCUT2D eigenvalue weighted by Gasteiger charge is 2.22. The summed E-state index contributed by atoms with van der Waals surface area (Å²) in [6.45, 7) is 2.19. The van der Waals surface area contributed by atoms with Crippen LogP contribution in [0.25, 0.3) is 0 Å². The van der Waals surface area contributed by atoms with E-state index in [1.807, 2.05) is 0 Å². The zero-order valence-electron chi connectivity index (χ0n) is 14.8. The quantitative estimate of drug-likeness (QED) is 0.732.